The van der Waals surface area contributed by atoms with Crippen molar-refractivity contribution >= 4 is 23.2 Å². The van der Waals surface area contributed by atoms with E-state index in [9.17, 15) is 9.18 Å². The first kappa shape index (κ1) is 17.2. The van der Waals surface area contributed by atoms with Gasteiger partial charge in [0.2, 0.25) is 0 Å². The lowest BCUT2D eigenvalue weighted by Gasteiger charge is -2.11. The lowest BCUT2D eigenvalue weighted by molar-refractivity contribution is 0.102. The first-order valence-electron chi connectivity index (χ1n) is 7.09. The Hall–Kier alpha value is -2.11. The smallest absolute Gasteiger partial charge is 0.257 e. The highest BCUT2D eigenvalue weighted by molar-refractivity contribution is 6.34. The second-order valence-electron chi connectivity index (χ2n) is 5.25. The van der Waals surface area contributed by atoms with E-state index in [2.05, 4.69) is 5.32 Å². The van der Waals surface area contributed by atoms with Gasteiger partial charge >= 0.3 is 0 Å². The molecule has 0 atom stereocenters. The first-order chi connectivity index (χ1) is 11.0. The molecule has 23 heavy (non-hydrogen) atoms. The topological polar surface area (TPSA) is 41.6 Å². The van der Waals surface area contributed by atoms with Crippen molar-refractivity contribution < 1.29 is 13.9 Å². The molecule has 2 aromatic carbocycles. The molecule has 0 radical (unpaired) electrons. The molecule has 0 aromatic heterocycles. The molecule has 0 spiro atoms. The lowest BCUT2D eigenvalue weighted by atomic mass is 10.2. The summed E-state index contributed by atoms with van der Waals surface area (Å²) in [4.78, 5) is 14.2. The van der Waals surface area contributed by atoms with Gasteiger partial charge in [-0.05, 0) is 56.6 Å². The summed E-state index contributed by atoms with van der Waals surface area (Å²) in [5.41, 5.74) is 0.828. The van der Waals surface area contributed by atoms with Gasteiger partial charge in [-0.1, -0.05) is 11.6 Å². The number of anilines is 1. The Morgan fingerprint density at radius 3 is 2.52 bits per heavy atom. The Morgan fingerprint density at radius 1 is 1.22 bits per heavy atom. The largest absolute Gasteiger partial charge is 0.492 e. The van der Waals surface area contributed by atoms with E-state index in [4.69, 9.17) is 16.3 Å². The molecule has 0 unspecified atom stereocenters. The fraction of sp³-hybridized carbons (Fsp3) is 0.235. The third-order valence-electron chi connectivity index (χ3n) is 3.10. The van der Waals surface area contributed by atoms with E-state index in [-0.39, 0.29) is 10.6 Å². The summed E-state index contributed by atoms with van der Waals surface area (Å²) in [5, 5.41) is 2.79. The van der Waals surface area contributed by atoms with E-state index in [1.807, 2.05) is 19.0 Å². The molecule has 2 rings (SSSR count). The van der Waals surface area contributed by atoms with E-state index < -0.39 is 11.7 Å². The van der Waals surface area contributed by atoms with Gasteiger partial charge in [0.25, 0.3) is 5.91 Å². The molecule has 0 heterocycles. The standard InChI is InChI=1S/C17H18ClFN2O2/c1-21(2)9-10-23-14-6-4-13(5-7-14)20-17(22)15-8-3-12(19)11-16(15)18/h3-8,11H,9-10H2,1-2H3,(H,20,22). The van der Waals surface area contributed by atoms with Gasteiger partial charge in [-0.15, -0.1) is 0 Å². The predicted octanol–water partition coefficient (Wildman–Crippen LogP) is 3.67. The van der Waals surface area contributed by atoms with Crippen LogP contribution in [0.1, 0.15) is 10.4 Å². The molecule has 0 aliphatic heterocycles. The molecule has 0 fully saturated rings. The van der Waals surface area contributed by atoms with Crippen LogP contribution in [0.15, 0.2) is 42.5 Å². The minimum Gasteiger partial charge on any atom is -0.492 e. The summed E-state index contributed by atoms with van der Waals surface area (Å²) in [5.74, 6) is -0.147. The maximum Gasteiger partial charge on any atom is 0.257 e. The molecule has 0 saturated heterocycles. The molecule has 1 amide bonds. The molecule has 0 saturated carbocycles. The minimum atomic E-state index is -0.481. The van der Waals surface area contributed by atoms with Gasteiger partial charge in [-0.2, -0.15) is 0 Å². The van der Waals surface area contributed by atoms with Crippen LogP contribution in [0.2, 0.25) is 5.02 Å². The lowest BCUT2D eigenvalue weighted by Crippen LogP contribution is -2.19. The molecule has 6 heteroatoms. The summed E-state index contributed by atoms with van der Waals surface area (Å²) in [7, 11) is 3.95. The average molecular weight is 337 g/mol. The summed E-state index contributed by atoms with van der Waals surface area (Å²) >= 11 is 5.87. The first-order valence-corrected chi connectivity index (χ1v) is 7.47. The molecule has 4 nitrogen and oxygen atoms in total. The quantitative estimate of drug-likeness (QED) is 0.875. The average Bonchev–Trinajstić information content (AvgIpc) is 2.48. The number of rotatable bonds is 6. The number of nitrogens with one attached hydrogen (secondary N) is 1. The van der Waals surface area contributed by atoms with Crippen molar-refractivity contribution in [3.8, 4) is 5.75 Å². The molecule has 2 aromatic rings. The van der Waals surface area contributed by atoms with E-state index >= 15 is 0 Å². The number of hydrogen-bond acceptors (Lipinski definition) is 3. The van der Waals surface area contributed by atoms with Crippen molar-refractivity contribution in [2.75, 3.05) is 32.6 Å². The van der Waals surface area contributed by atoms with Gasteiger partial charge < -0.3 is 15.0 Å². The summed E-state index contributed by atoms with van der Waals surface area (Å²) in [6, 6.07) is 10.7. The maximum atomic E-state index is 13.0. The zero-order valence-corrected chi connectivity index (χ0v) is 13.7. The van der Waals surface area contributed by atoms with Gasteiger partial charge in [0.05, 0.1) is 10.6 Å². The number of halogens is 2. The number of ether oxygens (including phenoxy) is 1. The van der Waals surface area contributed by atoms with Crippen LogP contribution in [0, 0.1) is 5.82 Å². The number of nitrogens with zero attached hydrogens (tertiary/aromatic N) is 1. The van der Waals surface area contributed by atoms with Gasteiger partial charge in [0, 0.05) is 12.2 Å². The van der Waals surface area contributed by atoms with E-state index in [0.29, 0.717) is 12.3 Å². The molecular weight excluding hydrogens is 319 g/mol. The number of benzene rings is 2. The molecule has 122 valence electrons. The predicted molar refractivity (Wildman–Crippen MR) is 89.9 cm³/mol. The Kier molecular flexibility index (Phi) is 5.96. The Morgan fingerprint density at radius 2 is 1.91 bits per heavy atom. The third kappa shape index (κ3) is 5.23. The fourth-order valence-corrected chi connectivity index (χ4v) is 2.11. The number of carbonyl (C=O) groups excluding carboxylic acids is 1. The van der Waals surface area contributed by atoms with Crippen molar-refractivity contribution in [3.05, 3.63) is 58.9 Å². The molecule has 0 aliphatic carbocycles. The monoisotopic (exact) mass is 336 g/mol. The molecule has 1 N–H and O–H groups in total. The van der Waals surface area contributed by atoms with Crippen LogP contribution in [0.4, 0.5) is 10.1 Å². The van der Waals surface area contributed by atoms with Gasteiger partial charge in [0.1, 0.15) is 18.2 Å². The number of amides is 1. The summed E-state index contributed by atoms with van der Waals surface area (Å²) < 4.78 is 18.6. The second kappa shape index (κ2) is 7.94. The normalized spacial score (nSPS) is 10.7. The SMILES string of the molecule is CN(C)CCOc1ccc(NC(=O)c2ccc(F)cc2Cl)cc1. The van der Waals surface area contributed by atoms with Crippen molar-refractivity contribution in [3.63, 3.8) is 0 Å². The number of likely N-dealkylation sites (N-methyl/N-ethyl adjacent to an activating group) is 1. The molecule has 0 bridgehead atoms. The Balaban J connectivity index is 1.96. The number of carbonyl (C=O) groups is 1. The van der Waals surface area contributed by atoms with E-state index in [1.54, 1.807) is 24.3 Å². The van der Waals surface area contributed by atoms with Gasteiger partial charge in [-0.3, -0.25) is 4.79 Å². The Labute approximate surface area is 139 Å². The highest BCUT2D eigenvalue weighted by Gasteiger charge is 2.11. The minimum absolute atomic E-state index is 0.0751. The van der Waals surface area contributed by atoms with Crippen molar-refractivity contribution in [2.45, 2.75) is 0 Å². The summed E-state index contributed by atoms with van der Waals surface area (Å²) in [6.07, 6.45) is 0. The summed E-state index contributed by atoms with van der Waals surface area (Å²) in [6.45, 7) is 1.41. The third-order valence-corrected chi connectivity index (χ3v) is 3.41. The van der Waals surface area contributed by atoms with Gasteiger partial charge in [-0.25, -0.2) is 4.39 Å². The highest BCUT2D eigenvalue weighted by atomic mass is 35.5. The maximum absolute atomic E-state index is 13.0. The van der Waals surface area contributed by atoms with E-state index in [0.717, 1.165) is 18.4 Å². The van der Waals surface area contributed by atoms with Crippen LogP contribution in [0.5, 0.6) is 5.75 Å². The van der Waals surface area contributed by atoms with Crippen molar-refractivity contribution in [2.24, 2.45) is 0 Å². The zero-order chi connectivity index (χ0) is 16.8. The second-order valence-corrected chi connectivity index (χ2v) is 5.66. The van der Waals surface area contributed by atoms with Gasteiger partial charge in [0.15, 0.2) is 0 Å². The van der Waals surface area contributed by atoms with Crippen molar-refractivity contribution in [1.82, 2.24) is 4.90 Å². The van der Waals surface area contributed by atoms with Crippen molar-refractivity contribution in [1.29, 1.82) is 0 Å². The molecule has 0 aliphatic rings. The zero-order valence-electron chi connectivity index (χ0n) is 13.0. The van der Waals surface area contributed by atoms with Crippen LogP contribution >= 0.6 is 11.6 Å². The van der Waals surface area contributed by atoms with Crippen LogP contribution in [0.25, 0.3) is 0 Å². The van der Waals surface area contributed by atoms with Crippen LogP contribution in [-0.4, -0.2) is 38.1 Å². The Bertz CT molecular complexity index is 675. The number of hydrogen-bond donors (Lipinski definition) is 1. The van der Waals surface area contributed by atoms with Crippen LogP contribution < -0.4 is 10.1 Å². The van der Waals surface area contributed by atoms with Crippen LogP contribution in [0.3, 0.4) is 0 Å². The van der Waals surface area contributed by atoms with Crippen LogP contribution in [-0.2, 0) is 0 Å². The highest BCUT2D eigenvalue weighted by Crippen LogP contribution is 2.20. The molecular formula is C17H18ClFN2O2. The van der Waals surface area contributed by atoms with E-state index in [1.165, 1.54) is 12.1 Å². The fourth-order valence-electron chi connectivity index (χ4n) is 1.85.